The summed E-state index contributed by atoms with van der Waals surface area (Å²) in [5.41, 5.74) is 2.08. The number of aliphatic hydroxyl groups is 1. The van der Waals surface area contributed by atoms with Crippen molar-refractivity contribution < 1.29 is 5.11 Å². The van der Waals surface area contributed by atoms with E-state index in [1.165, 1.54) is 0 Å². The van der Waals surface area contributed by atoms with E-state index < -0.39 is 0 Å². The van der Waals surface area contributed by atoms with Crippen molar-refractivity contribution in [2.75, 3.05) is 0 Å². The largest absolute Gasteiger partial charge is 0.390 e. The summed E-state index contributed by atoms with van der Waals surface area (Å²) in [6.45, 7) is -0.143. The van der Waals surface area contributed by atoms with Crippen LogP contribution in [0.1, 0.15) is 5.69 Å². The van der Waals surface area contributed by atoms with Crippen LogP contribution in [-0.4, -0.2) is 15.3 Å². The van der Waals surface area contributed by atoms with E-state index in [0.717, 1.165) is 10.0 Å². The molecule has 0 atom stereocenters. The Morgan fingerprint density at radius 1 is 1.40 bits per heavy atom. The average Bonchev–Trinajstić information content (AvgIpc) is 2.60. The second kappa shape index (κ2) is 4.35. The molecule has 0 saturated heterocycles. The second-order valence-electron chi connectivity index (χ2n) is 3.00. The summed E-state index contributed by atoms with van der Waals surface area (Å²) in [7, 11) is 0. The molecule has 0 radical (unpaired) electrons. The standard InChI is InChI=1S/C10H8BrClN2O/c11-7-4-2-1-3-6(7)10-9(12)8(5-15)13-14-10/h1-4,15H,5H2,(H,13,14). The molecule has 0 fully saturated rings. The number of H-pyrrole nitrogens is 1. The van der Waals surface area contributed by atoms with Crippen molar-refractivity contribution >= 4 is 27.5 Å². The van der Waals surface area contributed by atoms with Gasteiger partial charge in [0.25, 0.3) is 0 Å². The van der Waals surface area contributed by atoms with Crippen LogP contribution < -0.4 is 0 Å². The van der Waals surface area contributed by atoms with Gasteiger partial charge in [0.2, 0.25) is 0 Å². The van der Waals surface area contributed by atoms with Crippen LogP contribution in [0.4, 0.5) is 0 Å². The average molecular weight is 288 g/mol. The maximum Gasteiger partial charge on any atom is 0.112 e. The Bertz CT molecular complexity index is 484. The Morgan fingerprint density at radius 3 is 2.73 bits per heavy atom. The molecular weight excluding hydrogens is 279 g/mol. The molecule has 5 heteroatoms. The van der Waals surface area contributed by atoms with Crippen molar-refractivity contribution in [3.05, 3.63) is 39.5 Å². The van der Waals surface area contributed by atoms with Crippen LogP contribution in [0.3, 0.4) is 0 Å². The Kier molecular flexibility index (Phi) is 3.09. The molecule has 0 unspecified atom stereocenters. The minimum absolute atomic E-state index is 0.143. The van der Waals surface area contributed by atoms with Gasteiger partial charge in [0, 0.05) is 10.0 Å². The third kappa shape index (κ3) is 1.93. The van der Waals surface area contributed by atoms with Gasteiger partial charge in [0.1, 0.15) is 5.69 Å². The minimum atomic E-state index is -0.143. The van der Waals surface area contributed by atoms with Gasteiger partial charge in [-0.1, -0.05) is 45.7 Å². The lowest BCUT2D eigenvalue weighted by atomic mass is 10.1. The first kappa shape index (κ1) is 10.7. The summed E-state index contributed by atoms with van der Waals surface area (Å²) < 4.78 is 0.919. The molecule has 2 N–H and O–H groups in total. The van der Waals surface area contributed by atoms with Gasteiger partial charge < -0.3 is 5.11 Å². The highest BCUT2D eigenvalue weighted by molar-refractivity contribution is 9.10. The van der Waals surface area contributed by atoms with Gasteiger partial charge in [0.05, 0.1) is 17.3 Å². The van der Waals surface area contributed by atoms with E-state index in [0.29, 0.717) is 16.4 Å². The molecule has 0 aliphatic rings. The van der Waals surface area contributed by atoms with Gasteiger partial charge in [-0.3, -0.25) is 5.10 Å². The number of rotatable bonds is 2. The molecular formula is C10H8BrClN2O. The fraction of sp³-hybridized carbons (Fsp3) is 0.100. The predicted molar refractivity (Wildman–Crippen MR) is 62.7 cm³/mol. The molecule has 15 heavy (non-hydrogen) atoms. The molecule has 0 aliphatic carbocycles. The molecule has 1 heterocycles. The van der Waals surface area contributed by atoms with Gasteiger partial charge in [0.15, 0.2) is 0 Å². The smallest absolute Gasteiger partial charge is 0.112 e. The molecule has 1 aromatic carbocycles. The van der Waals surface area contributed by atoms with Gasteiger partial charge in [-0.05, 0) is 6.07 Å². The van der Waals surface area contributed by atoms with Crippen LogP contribution in [0.25, 0.3) is 11.3 Å². The number of aliphatic hydroxyl groups excluding tert-OH is 1. The number of aromatic amines is 1. The number of aromatic nitrogens is 2. The summed E-state index contributed by atoms with van der Waals surface area (Å²) in [5.74, 6) is 0. The van der Waals surface area contributed by atoms with Crippen LogP contribution in [0, 0.1) is 0 Å². The molecule has 2 aromatic rings. The van der Waals surface area contributed by atoms with Crippen LogP contribution >= 0.6 is 27.5 Å². The van der Waals surface area contributed by atoms with Gasteiger partial charge in [-0.25, -0.2) is 0 Å². The Balaban J connectivity index is 2.55. The maximum absolute atomic E-state index is 8.98. The van der Waals surface area contributed by atoms with Crippen LogP contribution in [0.15, 0.2) is 28.7 Å². The van der Waals surface area contributed by atoms with Crippen LogP contribution in [0.5, 0.6) is 0 Å². The molecule has 0 amide bonds. The normalized spacial score (nSPS) is 10.6. The number of benzene rings is 1. The molecule has 2 rings (SSSR count). The Hall–Kier alpha value is -0.840. The zero-order chi connectivity index (χ0) is 10.8. The first-order valence-corrected chi connectivity index (χ1v) is 5.49. The predicted octanol–water partition coefficient (Wildman–Crippen LogP) is 2.98. The highest BCUT2D eigenvalue weighted by Crippen LogP contribution is 2.33. The van der Waals surface area contributed by atoms with Gasteiger partial charge >= 0.3 is 0 Å². The van der Waals surface area contributed by atoms with E-state index in [1.807, 2.05) is 24.3 Å². The maximum atomic E-state index is 8.98. The van der Waals surface area contributed by atoms with Crippen molar-refractivity contribution in [2.45, 2.75) is 6.61 Å². The number of hydrogen-bond acceptors (Lipinski definition) is 2. The molecule has 78 valence electrons. The topological polar surface area (TPSA) is 48.9 Å². The fourth-order valence-corrected chi connectivity index (χ4v) is 2.02. The van der Waals surface area contributed by atoms with E-state index in [4.69, 9.17) is 16.7 Å². The highest BCUT2D eigenvalue weighted by atomic mass is 79.9. The summed E-state index contributed by atoms with van der Waals surface area (Å²) in [6, 6.07) is 7.65. The Labute approximate surface area is 100 Å². The zero-order valence-corrected chi connectivity index (χ0v) is 10.0. The molecule has 0 bridgehead atoms. The molecule has 0 saturated carbocycles. The van der Waals surface area contributed by atoms with Gasteiger partial charge in [-0.2, -0.15) is 5.10 Å². The van der Waals surface area contributed by atoms with Crippen molar-refractivity contribution in [3.8, 4) is 11.3 Å². The minimum Gasteiger partial charge on any atom is -0.390 e. The second-order valence-corrected chi connectivity index (χ2v) is 4.24. The van der Waals surface area contributed by atoms with Crippen LogP contribution in [0.2, 0.25) is 5.02 Å². The quantitative estimate of drug-likeness (QED) is 0.892. The summed E-state index contributed by atoms with van der Waals surface area (Å²) >= 11 is 9.48. The lowest BCUT2D eigenvalue weighted by Gasteiger charge is -2.00. The highest BCUT2D eigenvalue weighted by Gasteiger charge is 2.13. The lowest BCUT2D eigenvalue weighted by molar-refractivity contribution is 0.277. The van der Waals surface area contributed by atoms with E-state index in [-0.39, 0.29) is 6.61 Å². The van der Waals surface area contributed by atoms with Crippen molar-refractivity contribution in [1.82, 2.24) is 10.2 Å². The Morgan fingerprint density at radius 2 is 2.13 bits per heavy atom. The first-order valence-electron chi connectivity index (χ1n) is 4.32. The number of halogens is 2. The molecule has 0 aliphatic heterocycles. The summed E-state index contributed by atoms with van der Waals surface area (Å²) in [5, 5.41) is 16.2. The summed E-state index contributed by atoms with van der Waals surface area (Å²) in [6.07, 6.45) is 0. The number of hydrogen-bond donors (Lipinski definition) is 2. The molecule has 3 nitrogen and oxygen atoms in total. The third-order valence-electron chi connectivity index (χ3n) is 2.06. The third-order valence-corrected chi connectivity index (χ3v) is 3.16. The van der Waals surface area contributed by atoms with Gasteiger partial charge in [-0.15, -0.1) is 0 Å². The van der Waals surface area contributed by atoms with Crippen molar-refractivity contribution in [3.63, 3.8) is 0 Å². The van der Waals surface area contributed by atoms with Crippen molar-refractivity contribution in [2.24, 2.45) is 0 Å². The monoisotopic (exact) mass is 286 g/mol. The lowest BCUT2D eigenvalue weighted by Crippen LogP contribution is -1.82. The van der Waals surface area contributed by atoms with E-state index >= 15 is 0 Å². The van der Waals surface area contributed by atoms with E-state index in [9.17, 15) is 0 Å². The molecule has 0 spiro atoms. The van der Waals surface area contributed by atoms with Crippen LogP contribution in [-0.2, 0) is 6.61 Å². The number of nitrogens with zero attached hydrogens (tertiary/aromatic N) is 1. The van der Waals surface area contributed by atoms with E-state index in [2.05, 4.69) is 26.1 Å². The van der Waals surface area contributed by atoms with E-state index in [1.54, 1.807) is 0 Å². The molecule has 1 aromatic heterocycles. The SMILES string of the molecule is OCc1[nH]nc(-c2ccccc2Br)c1Cl. The fourth-order valence-electron chi connectivity index (χ4n) is 1.30. The number of nitrogens with one attached hydrogen (secondary N) is 1. The zero-order valence-electron chi connectivity index (χ0n) is 7.67. The van der Waals surface area contributed by atoms with Crippen molar-refractivity contribution in [1.29, 1.82) is 0 Å². The first-order chi connectivity index (χ1) is 7.24. The summed E-state index contributed by atoms with van der Waals surface area (Å²) in [4.78, 5) is 0.